The van der Waals surface area contributed by atoms with Gasteiger partial charge in [-0.3, -0.25) is 9.89 Å². The Morgan fingerprint density at radius 1 is 1.75 bits per heavy atom. The Morgan fingerprint density at radius 3 is 2.75 bits per heavy atom. The van der Waals surface area contributed by atoms with E-state index in [0.29, 0.717) is 12.1 Å². The molecule has 0 aliphatic carbocycles. The Labute approximate surface area is 45.7 Å². The maximum Gasteiger partial charge on any atom is 0.268 e. The quantitative estimate of drug-likeness (QED) is 0.444. The highest BCUT2D eigenvalue weighted by molar-refractivity contribution is 5.01. The number of hydrogen-bond donors (Lipinski definition) is 3. The van der Waals surface area contributed by atoms with E-state index in [9.17, 15) is 4.79 Å². The molecule has 0 saturated carbocycles. The van der Waals surface area contributed by atoms with Gasteiger partial charge in [-0.25, -0.2) is 0 Å². The Balaban J connectivity index is 3.11. The van der Waals surface area contributed by atoms with Crippen LogP contribution in [-0.4, -0.2) is 10.2 Å². The van der Waals surface area contributed by atoms with Crippen LogP contribution in [0.5, 0.6) is 0 Å². The summed E-state index contributed by atoms with van der Waals surface area (Å²) in [5.74, 6) is 0. The van der Waals surface area contributed by atoms with Crippen LogP contribution >= 0.6 is 0 Å². The van der Waals surface area contributed by atoms with Gasteiger partial charge in [-0.2, -0.15) is 0 Å². The molecule has 0 atom stereocenters. The lowest BCUT2D eigenvalue weighted by atomic mass is 10.4. The van der Waals surface area contributed by atoms with Crippen LogP contribution < -0.4 is 11.3 Å². The van der Waals surface area contributed by atoms with Gasteiger partial charge >= 0.3 is 0 Å². The molecule has 4 nitrogen and oxygen atoms in total. The number of aromatic nitrogens is 2. The zero-order valence-corrected chi connectivity index (χ0v) is 4.27. The SMILES string of the molecule is NCc1c[nH][nH]c1=O. The van der Waals surface area contributed by atoms with Crippen molar-refractivity contribution in [2.75, 3.05) is 0 Å². The highest BCUT2D eigenvalue weighted by Crippen LogP contribution is 1.79. The Hall–Kier alpha value is -1.03. The third-order valence-electron chi connectivity index (χ3n) is 0.944. The maximum atomic E-state index is 10.5. The summed E-state index contributed by atoms with van der Waals surface area (Å²) in [4.78, 5) is 10.5. The van der Waals surface area contributed by atoms with E-state index in [1.54, 1.807) is 6.20 Å². The zero-order chi connectivity index (χ0) is 5.98. The van der Waals surface area contributed by atoms with Crippen molar-refractivity contribution in [3.63, 3.8) is 0 Å². The van der Waals surface area contributed by atoms with Crippen LogP contribution in [0, 0.1) is 0 Å². The average molecular weight is 113 g/mol. The summed E-state index contributed by atoms with van der Waals surface area (Å²) < 4.78 is 0. The van der Waals surface area contributed by atoms with Gasteiger partial charge < -0.3 is 10.8 Å². The predicted octanol–water partition coefficient (Wildman–Crippen LogP) is -0.838. The first-order valence-corrected chi connectivity index (χ1v) is 2.29. The lowest BCUT2D eigenvalue weighted by Crippen LogP contribution is -2.09. The number of nitrogens with one attached hydrogen (secondary N) is 2. The van der Waals surface area contributed by atoms with E-state index in [-0.39, 0.29) is 5.56 Å². The normalized spacial score (nSPS) is 9.62. The first-order chi connectivity index (χ1) is 3.84. The maximum absolute atomic E-state index is 10.5. The molecular weight excluding hydrogens is 106 g/mol. The molecule has 0 radical (unpaired) electrons. The fourth-order valence-electron chi connectivity index (χ4n) is 0.486. The largest absolute Gasteiger partial charge is 0.326 e. The standard InChI is InChI=1S/C4H7N3O/c5-1-3-2-6-7-4(3)8/h2H,1,5H2,(H2,6,7,8). The van der Waals surface area contributed by atoms with Crippen molar-refractivity contribution in [3.05, 3.63) is 22.1 Å². The number of H-pyrrole nitrogens is 2. The van der Waals surface area contributed by atoms with Crippen LogP contribution in [0.2, 0.25) is 0 Å². The monoisotopic (exact) mass is 113 g/mol. The fourth-order valence-corrected chi connectivity index (χ4v) is 0.486. The van der Waals surface area contributed by atoms with Crippen molar-refractivity contribution in [2.45, 2.75) is 6.54 Å². The third kappa shape index (κ3) is 0.651. The van der Waals surface area contributed by atoms with Crippen LogP contribution in [0.15, 0.2) is 11.0 Å². The van der Waals surface area contributed by atoms with E-state index in [1.807, 2.05) is 0 Å². The summed E-state index contributed by atoms with van der Waals surface area (Å²) in [6.45, 7) is 0.291. The van der Waals surface area contributed by atoms with Crippen LogP contribution in [0.3, 0.4) is 0 Å². The molecule has 0 aliphatic heterocycles. The Kier molecular flexibility index (Phi) is 1.17. The van der Waals surface area contributed by atoms with E-state index in [2.05, 4.69) is 10.2 Å². The summed E-state index contributed by atoms with van der Waals surface area (Å²) in [6, 6.07) is 0. The van der Waals surface area contributed by atoms with Crippen molar-refractivity contribution >= 4 is 0 Å². The van der Waals surface area contributed by atoms with Gasteiger partial charge in [-0.1, -0.05) is 0 Å². The summed E-state index contributed by atoms with van der Waals surface area (Å²) in [6.07, 6.45) is 1.56. The van der Waals surface area contributed by atoms with E-state index in [1.165, 1.54) is 0 Å². The van der Waals surface area contributed by atoms with Crippen LogP contribution in [0.25, 0.3) is 0 Å². The summed E-state index contributed by atoms with van der Waals surface area (Å²) >= 11 is 0. The molecule has 0 aliphatic rings. The molecule has 0 amide bonds. The second-order valence-electron chi connectivity index (χ2n) is 1.47. The van der Waals surface area contributed by atoms with Gasteiger partial charge in [0.05, 0.1) is 0 Å². The first kappa shape index (κ1) is 5.11. The second kappa shape index (κ2) is 1.83. The number of rotatable bonds is 1. The minimum Gasteiger partial charge on any atom is -0.326 e. The van der Waals surface area contributed by atoms with Crippen molar-refractivity contribution in [3.8, 4) is 0 Å². The summed E-state index contributed by atoms with van der Waals surface area (Å²) in [7, 11) is 0. The molecule has 0 fully saturated rings. The molecule has 0 spiro atoms. The molecule has 1 aromatic rings. The smallest absolute Gasteiger partial charge is 0.268 e. The van der Waals surface area contributed by atoms with Crippen LogP contribution in [0.4, 0.5) is 0 Å². The minimum atomic E-state index is -0.132. The van der Waals surface area contributed by atoms with Crippen molar-refractivity contribution in [2.24, 2.45) is 5.73 Å². The van der Waals surface area contributed by atoms with Gasteiger partial charge in [0.25, 0.3) is 5.56 Å². The van der Waals surface area contributed by atoms with Crippen molar-refractivity contribution in [1.29, 1.82) is 0 Å². The molecular formula is C4H7N3O. The average Bonchev–Trinajstić information content (AvgIpc) is 2.14. The summed E-state index contributed by atoms with van der Waals surface area (Å²) in [5, 5.41) is 4.89. The molecule has 4 N–H and O–H groups in total. The van der Waals surface area contributed by atoms with Gasteiger partial charge in [-0.05, 0) is 0 Å². The highest BCUT2D eigenvalue weighted by Gasteiger charge is 1.92. The number of aromatic amines is 2. The number of hydrogen-bond acceptors (Lipinski definition) is 2. The Morgan fingerprint density at radius 2 is 2.50 bits per heavy atom. The predicted molar refractivity (Wildman–Crippen MR) is 29.3 cm³/mol. The van der Waals surface area contributed by atoms with E-state index >= 15 is 0 Å². The summed E-state index contributed by atoms with van der Waals surface area (Å²) in [5.41, 5.74) is 5.61. The zero-order valence-electron chi connectivity index (χ0n) is 4.27. The lowest BCUT2D eigenvalue weighted by molar-refractivity contribution is 1.04. The van der Waals surface area contributed by atoms with Crippen LogP contribution in [0.1, 0.15) is 5.56 Å². The molecule has 0 bridgehead atoms. The first-order valence-electron chi connectivity index (χ1n) is 2.29. The van der Waals surface area contributed by atoms with Gasteiger partial charge in [-0.15, -0.1) is 0 Å². The highest BCUT2D eigenvalue weighted by atomic mass is 16.1. The van der Waals surface area contributed by atoms with Crippen LogP contribution in [-0.2, 0) is 6.54 Å². The fraction of sp³-hybridized carbons (Fsp3) is 0.250. The van der Waals surface area contributed by atoms with Gasteiger partial charge in [0.2, 0.25) is 0 Å². The molecule has 4 heteroatoms. The molecule has 1 rings (SSSR count). The molecule has 0 unspecified atom stereocenters. The Bertz CT molecular complexity index is 211. The van der Waals surface area contributed by atoms with E-state index in [4.69, 9.17) is 5.73 Å². The molecule has 1 heterocycles. The minimum absolute atomic E-state index is 0.132. The van der Waals surface area contributed by atoms with Gasteiger partial charge in [0.1, 0.15) is 0 Å². The number of nitrogens with two attached hydrogens (primary N) is 1. The van der Waals surface area contributed by atoms with Gasteiger partial charge in [0.15, 0.2) is 0 Å². The van der Waals surface area contributed by atoms with Crippen molar-refractivity contribution < 1.29 is 0 Å². The second-order valence-corrected chi connectivity index (χ2v) is 1.47. The van der Waals surface area contributed by atoms with E-state index in [0.717, 1.165) is 0 Å². The lowest BCUT2D eigenvalue weighted by Gasteiger charge is -1.77. The molecule has 44 valence electrons. The van der Waals surface area contributed by atoms with Gasteiger partial charge in [0, 0.05) is 18.3 Å². The third-order valence-corrected chi connectivity index (χ3v) is 0.944. The topological polar surface area (TPSA) is 74.7 Å². The van der Waals surface area contributed by atoms with E-state index < -0.39 is 0 Å². The molecule has 8 heavy (non-hydrogen) atoms. The molecule has 1 aromatic heterocycles. The molecule has 0 aromatic carbocycles. The molecule has 0 saturated heterocycles. The van der Waals surface area contributed by atoms with Crippen molar-refractivity contribution in [1.82, 2.24) is 10.2 Å².